The lowest BCUT2D eigenvalue weighted by Gasteiger charge is -2.05. The van der Waals surface area contributed by atoms with Crippen molar-refractivity contribution in [1.29, 1.82) is 0 Å². The second-order valence-electron chi connectivity index (χ2n) is 2.72. The summed E-state index contributed by atoms with van der Waals surface area (Å²) >= 11 is 0. The van der Waals surface area contributed by atoms with Crippen LogP contribution in [0, 0.1) is 5.92 Å². The highest BCUT2D eigenvalue weighted by Crippen LogP contribution is 2.09. The summed E-state index contributed by atoms with van der Waals surface area (Å²) in [6, 6.07) is 0. The zero-order valence-electron chi connectivity index (χ0n) is 6.77. The minimum atomic E-state index is -0.408. The number of rotatable bonds is 1. The Kier molecular flexibility index (Phi) is 3.12. The molecule has 11 heavy (non-hydrogen) atoms. The minimum absolute atomic E-state index is 0.408. The second kappa shape index (κ2) is 4.14. The Labute approximate surface area is 67.7 Å². The fourth-order valence-electron chi connectivity index (χ4n) is 1.04. The lowest BCUT2D eigenvalue weighted by molar-refractivity contribution is 0.271. The Morgan fingerprint density at radius 2 is 1.82 bits per heavy atom. The summed E-state index contributed by atoms with van der Waals surface area (Å²) in [4.78, 5) is 0. The molecule has 2 atom stereocenters. The highest BCUT2D eigenvalue weighted by atomic mass is 16.3. The highest BCUT2D eigenvalue weighted by Gasteiger charge is 1.98. The Balaban J connectivity index is 2.67. The third-order valence-electron chi connectivity index (χ3n) is 1.80. The predicted octanol–water partition coefficient (Wildman–Crippen LogP) is 2.06. The number of hydrogen-bond donors (Lipinski definition) is 1. The molecule has 0 aromatic rings. The van der Waals surface area contributed by atoms with E-state index in [4.69, 9.17) is 0 Å². The van der Waals surface area contributed by atoms with Crippen molar-refractivity contribution in [1.82, 2.24) is 0 Å². The molecule has 0 saturated heterocycles. The van der Waals surface area contributed by atoms with Gasteiger partial charge in [0.1, 0.15) is 0 Å². The van der Waals surface area contributed by atoms with Gasteiger partial charge in [-0.05, 0) is 12.3 Å². The van der Waals surface area contributed by atoms with Gasteiger partial charge >= 0.3 is 0 Å². The van der Waals surface area contributed by atoms with E-state index in [-0.39, 0.29) is 0 Å². The number of allylic oxidation sites excluding steroid dienone is 4. The second-order valence-corrected chi connectivity index (χ2v) is 2.72. The van der Waals surface area contributed by atoms with Gasteiger partial charge in [0.05, 0.1) is 6.10 Å². The Hall–Kier alpha value is -0.820. The van der Waals surface area contributed by atoms with Crippen molar-refractivity contribution in [2.24, 2.45) is 5.92 Å². The molecule has 0 amide bonds. The molecule has 1 N–H and O–H groups in total. The first-order valence-corrected chi connectivity index (χ1v) is 4.04. The fraction of sp³-hybridized carbons (Fsp3) is 0.400. The summed E-state index contributed by atoms with van der Waals surface area (Å²) in [6.07, 6.45) is 12.3. The molecule has 0 fully saturated rings. The molecule has 1 aliphatic rings. The van der Waals surface area contributed by atoms with Crippen LogP contribution in [0.5, 0.6) is 0 Å². The van der Waals surface area contributed by atoms with Crippen LogP contribution in [0.3, 0.4) is 0 Å². The van der Waals surface area contributed by atoms with E-state index in [1.165, 1.54) is 0 Å². The van der Waals surface area contributed by atoms with Crippen LogP contribution in [0.1, 0.15) is 13.3 Å². The van der Waals surface area contributed by atoms with Crippen molar-refractivity contribution in [3.63, 3.8) is 0 Å². The maximum atomic E-state index is 9.22. The molecule has 1 rings (SSSR count). The average molecular weight is 150 g/mol. The molecule has 0 aromatic carbocycles. The fourth-order valence-corrected chi connectivity index (χ4v) is 1.04. The van der Waals surface area contributed by atoms with Gasteiger partial charge in [-0.15, -0.1) is 0 Å². The van der Waals surface area contributed by atoms with Gasteiger partial charge in [-0.2, -0.15) is 0 Å². The molecular formula is C10H14O. The van der Waals surface area contributed by atoms with Gasteiger partial charge in [-0.25, -0.2) is 0 Å². The molecule has 0 bridgehead atoms. The topological polar surface area (TPSA) is 20.2 Å². The van der Waals surface area contributed by atoms with E-state index in [0.29, 0.717) is 5.92 Å². The van der Waals surface area contributed by atoms with Crippen LogP contribution in [0.25, 0.3) is 0 Å². The normalized spacial score (nSPS) is 30.0. The van der Waals surface area contributed by atoms with E-state index < -0.39 is 6.10 Å². The summed E-state index contributed by atoms with van der Waals surface area (Å²) < 4.78 is 0. The first-order valence-electron chi connectivity index (χ1n) is 4.04. The van der Waals surface area contributed by atoms with Gasteiger partial charge in [0.2, 0.25) is 0 Å². The monoisotopic (exact) mass is 150 g/mol. The summed E-state index contributed by atoms with van der Waals surface area (Å²) in [7, 11) is 0. The van der Waals surface area contributed by atoms with Gasteiger partial charge in [0.25, 0.3) is 0 Å². The third kappa shape index (κ3) is 2.72. The minimum Gasteiger partial charge on any atom is -0.385 e. The van der Waals surface area contributed by atoms with Crippen LogP contribution < -0.4 is 0 Å². The molecule has 0 saturated carbocycles. The van der Waals surface area contributed by atoms with Gasteiger partial charge in [0.15, 0.2) is 0 Å². The van der Waals surface area contributed by atoms with E-state index in [0.717, 1.165) is 6.42 Å². The molecule has 0 heterocycles. The Morgan fingerprint density at radius 1 is 1.09 bits per heavy atom. The molecule has 0 radical (unpaired) electrons. The molecule has 0 aliphatic heterocycles. The predicted molar refractivity (Wildman–Crippen MR) is 47.2 cm³/mol. The van der Waals surface area contributed by atoms with E-state index >= 15 is 0 Å². The quantitative estimate of drug-likeness (QED) is 0.567. The third-order valence-corrected chi connectivity index (χ3v) is 1.80. The van der Waals surface area contributed by atoms with E-state index in [1.54, 1.807) is 6.08 Å². The van der Waals surface area contributed by atoms with Gasteiger partial charge in [-0.1, -0.05) is 43.4 Å². The maximum Gasteiger partial charge on any atom is 0.0905 e. The first-order chi connectivity index (χ1) is 5.33. The zero-order chi connectivity index (χ0) is 8.10. The Bertz CT molecular complexity index is 189. The van der Waals surface area contributed by atoms with Crippen LogP contribution in [0.4, 0.5) is 0 Å². The largest absolute Gasteiger partial charge is 0.385 e. The van der Waals surface area contributed by atoms with E-state index in [2.05, 4.69) is 13.0 Å². The van der Waals surface area contributed by atoms with Crippen molar-refractivity contribution < 1.29 is 5.11 Å². The average Bonchev–Trinajstić information content (AvgIpc) is 1.98. The molecule has 60 valence electrons. The van der Waals surface area contributed by atoms with Gasteiger partial charge in [0, 0.05) is 0 Å². The number of aliphatic hydroxyl groups is 1. The molecule has 1 aliphatic carbocycles. The summed E-state index contributed by atoms with van der Waals surface area (Å²) in [5.41, 5.74) is 0. The lowest BCUT2D eigenvalue weighted by atomic mass is 10.0. The smallest absolute Gasteiger partial charge is 0.0905 e. The molecule has 0 aromatic heterocycles. The maximum absolute atomic E-state index is 9.22. The van der Waals surface area contributed by atoms with Gasteiger partial charge in [-0.3, -0.25) is 0 Å². The summed E-state index contributed by atoms with van der Waals surface area (Å²) in [5, 5.41) is 9.22. The summed E-state index contributed by atoms with van der Waals surface area (Å²) in [5.74, 6) is 0.481. The number of hydrogen-bond acceptors (Lipinski definition) is 1. The molecule has 1 nitrogen and oxygen atoms in total. The zero-order valence-corrected chi connectivity index (χ0v) is 6.77. The van der Waals surface area contributed by atoms with Crippen molar-refractivity contribution in [3.8, 4) is 0 Å². The molecule has 0 spiro atoms. The number of aliphatic hydroxyl groups excluding tert-OH is 1. The summed E-state index contributed by atoms with van der Waals surface area (Å²) in [6.45, 7) is 2.14. The molecule has 2 unspecified atom stereocenters. The van der Waals surface area contributed by atoms with Crippen LogP contribution in [0.2, 0.25) is 0 Å². The van der Waals surface area contributed by atoms with Crippen LogP contribution >= 0.6 is 0 Å². The van der Waals surface area contributed by atoms with Crippen LogP contribution in [0.15, 0.2) is 36.5 Å². The molecule has 1 heteroatoms. The van der Waals surface area contributed by atoms with Crippen molar-refractivity contribution in [2.45, 2.75) is 19.4 Å². The SMILES string of the molecule is CCC1C=CC=CC(O)C=C1. The van der Waals surface area contributed by atoms with E-state index in [9.17, 15) is 5.11 Å². The Morgan fingerprint density at radius 3 is 2.55 bits per heavy atom. The van der Waals surface area contributed by atoms with Crippen molar-refractivity contribution in [2.75, 3.05) is 0 Å². The standard InChI is InChI=1S/C10H14O/c1-2-9-5-3-4-6-10(11)8-7-9/h3-11H,2H2,1H3. The molecular weight excluding hydrogens is 136 g/mol. The van der Waals surface area contributed by atoms with Gasteiger partial charge < -0.3 is 5.11 Å². The van der Waals surface area contributed by atoms with Crippen molar-refractivity contribution in [3.05, 3.63) is 36.5 Å². The van der Waals surface area contributed by atoms with E-state index in [1.807, 2.05) is 24.3 Å². The van der Waals surface area contributed by atoms with Crippen LogP contribution in [-0.4, -0.2) is 11.2 Å². The highest BCUT2D eigenvalue weighted by molar-refractivity contribution is 5.16. The first kappa shape index (κ1) is 8.28. The van der Waals surface area contributed by atoms with Crippen molar-refractivity contribution >= 4 is 0 Å². The van der Waals surface area contributed by atoms with Crippen LogP contribution in [-0.2, 0) is 0 Å². The lowest BCUT2D eigenvalue weighted by Crippen LogP contribution is -1.99.